The van der Waals surface area contributed by atoms with Crippen molar-refractivity contribution in [2.24, 2.45) is 0 Å². The first-order valence-corrected chi connectivity index (χ1v) is 7.34. The van der Waals surface area contributed by atoms with Crippen LogP contribution in [-0.2, 0) is 0 Å². The Morgan fingerprint density at radius 3 is 2.12 bits per heavy atom. The SMILES string of the molecule is BC1N(C(C)(C)CCCC)C(B)(B)CC1(B)B. The molecule has 0 aliphatic carbocycles. The van der Waals surface area contributed by atoms with Crippen LogP contribution >= 0.6 is 0 Å². The molecule has 0 aromatic rings. The van der Waals surface area contributed by atoms with Gasteiger partial charge in [0.1, 0.15) is 39.2 Å². The van der Waals surface area contributed by atoms with Crippen LogP contribution in [0.3, 0.4) is 0 Å². The van der Waals surface area contributed by atoms with Crippen molar-refractivity contribution in [2.75, 3.05) is 0 Å². The normalized spacial score (nSPS) is 28.3. The topological polar surface area (TPSA) is 3.24 Å². The lowest BCUT2D eigenvalue weighted by Crippen LogP contribution is -2.59. The molecule has 0 radical (unpaired) electrons. The number of likely N-dealkylation sites (tertiary alicyclic amines) is 1. The Hall–Kier alpha value is 0.285. The van der Waals surface area contributed by atoms with Crippen molar-refractivity contribution in [3.63, 3.8) is 0 Å². The predicted octanol–water partition coefficient (Wildman–Crippen LogP) is -2.08. The summed E-state index contributed by atoms with van der Waals surface area (Å²) >= 11 is 0. The molecule has 1 atom stereocenters. The third-order valence-corrected chi connectivity index (χ3v) is 4.85. The second-order valence-corrected chi connectivity index (χ2v) is 7.94. The van der Waals surface area contributed by atoms with Gasteiger partial charge in [-0.3, -0.25) is 0 Å². The summed E-state index contributed by atoms with van der Waals surface area (Å²) in [5.41, 5.74) is 0.326. The van der Waals surface area contributed by atoms with Crippen LogP contribution in [0.4, 0.5) is 0 Å². The fourth-order valence-electron chi connectivity index (χ4n) is 4.29. The van der Waals surface area contributed by atoms with Gasteiger partial charge in [-0.15, -0.1) is 0 Å². The number of hydrogen-bond donors (Lipinski definition) is 0. The molecule has 1 fully saturated rings. The summed E-state index contributed by atoms with van der Waals surface area (Å²) in [6.07, 6.45) is 5.26. The zero-order valence-corrected chi connectivity index (χ0v) is 13.4. The minimum absolute atomic E-state index is 0.326. The molecular formula is C11H28B5N. The lowest BCUT2D eigenvalue weighted by Gasteiger charge is -2.48. The van der Waals surface area contributed by atoms with Crippen molar-refractivity contribution in [1.82, 2.24) is 4.90 Å². The highest BCUT2D eigenvalue weighted by atomic mass is 15.3. The fourth-order valence-corrected chi connectivity index (χ4v) is 4.29. The van der Waals surface area contributed by atoms with E-state index in [-0.39, 0.29) is 0 Å². The van der Waals surface area contributed by atoms with Crippen LogP contribution in [-0.4, -0.2) is 60.9 Å². The maximum absolute atomic E-state index is 2.79. The number of unbranched alkanes of at least 4 members (excludes halogenated alkanes) is 1. The maximum Gasteiger partial charge on any atom is 0.122 e. The highest BCUT2D eigenvalue weighted by Crippen LogP contribution is 2.47. The van der Waals surface area contributed by atoms with E-state index in [1.54, 1.807) is 0 Å². The minimum atomic E-state index is 0.326. The van der Waals surface area contributed by atoms with E-state index < -0.39 is 0 Å². The molecule has 0 saturated carbocycles. The minimum Gasteiger partial charge on any atom is -0.314 e. The average Bonchev–Trinajstić information content (AvgIpc) is 2.28. The Kier molecular flexibility index (Phi) is 4.29. The largest absolute Gasteiger partial charge is 0.314 e. The Morgan fingerprint density at radius 2 is 1.76 bits per heavy atom. The standard InChI is InChI=1S/C11H28B5N/c1-4-5-6-9(2,3)17-8(12)10(13,14)7-11(17,15)16/h8H,4-7,12-16H2,1-3H3. The summed E-state index contributed by atoms with van der Waals surface area (Å²) in [6, 6.07) is 0. The van der Waals surface area contributed by atoms with Crippen molar-refractivity contribution in [1.29, 1.82) is 0 Å². The molecule has 6 heteroatoms. The van der Waals surface area contributed by atoms with E-state index >= 15 is 0 Å². The van der Waals surface area contributed by atoms with Crippen molar-refractivity contribution < 1.29 is 0 Å². The summed E-state index contributed by atoms with van der Waals surface area (Å²) in [6.45, 7) is 7.16. The highest BCUT2D eigenvalue weighted by molar-refractivity contribution is 6.48. The Labute approximate surface area is 113 Å². The van der Waals surface area contributed by atoms with Crippen molar-refractivity contribution in [3.8, 4) is 0 Å². The van der Waals surface area contributed by atoms with Gasteiger partial charge >= 0.3 is 0 Å². The fraction of sp³-hybridized carbons (Fsp3) is 1.00. The Morgan fingerprint density at radius 1 is 1.24 bits per heavy atom. The van der Waals surface area contributed by atoms with E-state index in [2.05, 4.69) is 64.9 Å². The van der Waals surface area contributed by atoms with Gasteiger partial charge in [-0.05, 0) is 31.5 Å². The summed E-state index contributed by atoms with van der Waals surface area (Å²) < 4.78 is 0. The predicted molar refractivity (Wildman–Crippen MR) is 92.0 cm³/mol. The molecule has 0 spiro atoms. The molecule has 1 aliphatic heterocycles. The molecule has 0 aromatic carbocycles. The van der Waals surface area contributed by atoms with Gasteiger partial charge in [-0.1, -0.05) is 31.4 Å². The van der Waals surface area contributed by atoms with Gasteiger partial charge in [0.2, 0.25) is 0 Å². The van der Waals surface area contributed by atoms with Crippen molar-refractivity contribution in [3.05, 3.63) is 0 Å². The lowest BCUT2D eigenvalue weighted by atomic mass is 9.43. The molecule has 0 aromatic heterocycles. The van der Waals surface area contributed by atoms with E-state index in [4.69, 9.17) is 0 Å². The Balaban J connectivity index is 2.95. The first kappa shape index (κ1) is 15.3. The van der Waals surface area contributed by atoms with Gasteiger partial charge < -0.3 is 4.90 Å². The molecule has 92 valence electrons. The van der Waals surface area contributed by atoms with E-state index in [0.717, 1.165) is 0 Å². The molecule has 1 heterocycles. The number of rotatable bonds is 4. The average molecular weight is 228 g/mol. The van der Waals surface area contributed by atoms with Crippen LogP contribution < -0.4 is 0 Å². The monoisotopic (exact) mass is 229 g/mol. The first-order chi connectivity index (χ1) is 7.54. The second kappa shape index (κ2) is 4.76. The summed E-state index contributed by atoms with van der Waals surface area (Å²) in [7, 11) is 12.1. The van der Waals surface area contributed by atoms with E-state index in [9.17, 15) is 0 Å². The molecule has 0 bridgehead atoms. The van der Waals surface area contributed by atoms with E-state index in [1.165, 1.54) is 25.7 Å². The molecule has 1 aliphatic rings. The molecule has 1 saturated heterocycles. The van der Waals surface area contributed by atoms with Crippen LogP contribution in [0.5, 0.6) is 0 Å². The van der Waals surface area contributed by atoms with Gasteiger partial charge in [0.25, 0.3) is 0 Å². The molecule has 17 heavy (non-hydrogen) atoms. The number of nitrogens with zero attached hydrogens (tertiary/aromatic N) is 1. The first-order valence-electron chi connectivity index (χ1n) is 7.34. The third-order valence-electron chi connectivity index (χ3n) is 4.85. The smallest absolute Gasteiger partial charge is 0.122 e. The van der Waals surface area contributed by atoms with Gasteiger partial charge in [0.05, 0.1) is 0 Å². The van der Waals surface area contributed by atoms with Crippen LogP contribution in [0.25, 0.3) is 0 Å². The highest BCUT2D eigenvalue weighted by Gasteiger charge is 2.51. The molecule has 1 rings (SSSR count). The number of hydrogen-bond acceptors (Lipinski definition) is 1. The molecule has 0 N–H and O–H groups in total. The quantitative estimate of drug-likeness (QED) is 0.500. The molecular weight excluding hydrogens is 200 g/mol. The Bertz CT molecular complexity index is 277. The van der Waals surface area contributed by atoms with E-state index in [0.29, 0.717) is 22.0 Å². The van der Waals surface area contributed by atoms with Gasteiger partial charge in [-0.25, -0.2) is 0 Å². The van der Waals surface area contributed by atoms with Gasteiger partial charge in [0.15, 0.2) is 0 Å². The molecule has 1 unspecified atom stereocenters. The summed E-state index contributed by atoms with van der Waals surface area (Å²) in [4.78, 5) is 2.79. The zero-order valence-electron chi connectivity index (χ0n) is 13.4. The van der Waals surface area contributed by atoms with Crippen LogP contribution in [0.2, 0.25) is 5.21 Å². The lowest BCUT2D eigenvalue weighted by molar-refractivity contribution is 0.0932. The van der Waals surface area contributed by atoms with Crippen molar-refractivity contribution >= 4 is 39.2 Å². The van der Waals surface area contributed by atoms with Crippen LogP contribution in [0.1, 0.15) is 46.5 Å². The molecule has 0 amide bonds. The summed E-state index contributed by atoms with van der Waals surface area (Å²) in [5.74, 6) is 0.671. The molecule has 1 nitrogen and oxygen atoms in total. The maximum atomic E-state index is 2.79. The van der Waals surface area contributed by atoms with Crippen LogP contribution in [0.15, 0.2) is 0 Å². The summed E-state index contributed by atoms with van der Waals surface area (Å²) in [5, 5.41) is 0.771. The van der Waals surface area contributed by atoms with Gasteiger partial charge in [-0.2, -0.15) is 0 Å². The zero-order chi connectivity index (χ0) is 13.5. The van der Waals surface area contributed by atoms with E-state index in [1.807, 2.05) is 0 Å². The van der Waals surface area contributed by atoms with Crippen LogP contribution in [0, 0.1) is 0 Å². The van der Waals surface area contributed by atoms with Gasteiger partial charge in [0, 0.05) is 5.54 Å². The second-order valence-electron chi connectivity index (χ2n) is 7.94. The van der Waals surface area contributed by atoms with Crippen molar-refractivity contribution in [2.45, 2.75) is 68.5 Å². The third kappa shape index (κ3) is 3.00.